The maximum absolute atomic E-state index is 11.4. The van der Waals surface area contributed by atoms with Gasteiger partial charge in [0.15, 0.2) is 0 Å². The molecule has 1 rings (SSSR count). The first kappa shape index (κ1) is 9.82. The highest BCUT2D eigenvalue weighted by atomic mass is 127. The minimum absolute atomic E-state index is 0.194. The van der Waals surface area contributed by atoms with Crippen molar-refractivity contribution in [1.82, 2.24) is 9.80 Å². The van der Waals surface area contributed by atoms with Crippen molar-refractivity contribution in [1.29, 1.82) is 0 Å². The van der Waals surface area contributed by atoms with E-state index in [0.29, 0.717) is 0 Å². The van der Waals surface area contributed by atoms with Crippen molar-refractivity contribution in [3.05, 3.63) is 0 Å². The number of carbonyl (C=O) groups excluding carboxylic acids is 1. The van der Waals surface area contributed by atoms with Gasteiger partial charge in [0.2, 0.25) is 0 Å². The van der Waals surface area contributed by atoms with Crippen LogP contribution >= 0.6 is 45.2 Å². The van der Waals surface area contributed by atoms with Crippen molar-refractivity contribution in [2.45, 2.75) is 6.42 Å². The third kappa shape index (κ3) is 2.33. The molecule has 0 unspecified atom stereocenters. The number of hydrogen-bond acceptors (Lipinski definition) is 1. The Morgan fingerprint density at radius 1 is 1.18 bits per heavy atom. The summed E-state index contributed by atoms with van der Waals surface area (Å²) >= 11 is 4.45. The van der Waals surface area contributed by atoms with Crippen molar-refractivity contribution in [2.75, 3.05) is 22.2 Å². The lowest BCUT2D eigenvalue weighted by Gasteiger charge is -2.33. The van der Waals surface area contributed by atoms with Crippen molar-refractivity contribution in [2.24, 2.45) is 0 Å². The van der Waals surface area contributed by atoms with Crippen LogP contribution in [0.25, 0.3) is 0 Å². The van der Waals surface area contributed by atoms with Crippen LogP contribution in [-0.4, -0.2) is 38.0 Å². The lowest BCUT2D eigenvalue weighted by molar-refractivity contribution is 0.151. The Morgan fingerprint density at radius 3 is 2.00 bits per heavy atom. The maximum atomic E-state index is 11.4. The minimum atomic E-state index is 0.194. The van der Waals surface area contributed by atoms with Crippen LogP contribution in [0.15, 0.2) is 0 Å². The highest BCUT2D eigenvalue weighted by molar-refractivity contribution is 14.1. The van der Waals surface area contributed by atoms with E-state index in [4.69, 9.17) is 0 Å². The maximum Gasteiger partial charge on any atom is 0.321 e. The highest BCUT2D eigenvalue weighted by Crippen LogP contribution is 2.11. The second-order valence-corrected chi connectivity index (χ2v) is 3.77. The predicted molar refractivity (Wildman–Crippen MR) is 61.2 cm³/mol. The Hall–Kier alpha value is 0.730. The van der Waals surface area contributed by atoms with Gasteiger partial charge < -0.3 is 9.80 Å². The van der Waals surface area contributed by atoms with Crippen molar-refractivity contribution in [3.8, 4) is 0 Å². The second kappa shape index (κ2) is 4.68. The summed E-state index contributed by atoms with van der Waals surface area (Å²) < 4.78 is 1.62. The van der Waals surface area contributed by atoms with Gasteiger partial charge >= 0.3 is 6.03 Å². The zero-order valence-electron chi connectivity index (χ0n) is 6.09. The Labute approximate surface area is 93.8 Å². The van der Waals surface area contributed by atoms with Crippen LogP contribution in [-0.2, 0) is 0 Å². The predicted octanol–water partition coefficient (Wildman–Crippen LogP) is 1.90. The summed E-state index contributed by atoms with van der Waals surface area (Å²) in [4.78, 5) is 15.2. The number of urea groups is 1. The average Bonchev–Trinajstić information content (AvgIpc) is 2.05. The molecule has 3 nitrogen and oxygen atoms in total. The largest absolute Gasteiger partial charge is 0.321 e. The molecule has 0 aromatic heterocycles. The molecule has 0 atom stereocenters. The van der Waals surface area contributed by atoms with Gasteiger partial charge in [-0.3, -0.25) is 0 Å². The molecular formula is C6H10I2N2O. The minimum Gasteiger partial charge on any atom is -0.315 e. The second-order valence-electron chi connectivity index (χ2n) is 2.40. The van der Waals surface area contributed by atoms with E-state index in [9.17, 15) is 4.79 Å². The molecule has 0 aromatic carbocycles. The fraction of sp³-hybridized carbons (Fsp3) is 0.833. The number of carbonyl (C=O) groups is 1. The number of hydrogen-bond donors (Lipinski definition) is 0. The lowest BCUT2D eigenvalue weighted by atomic mass is 10.3. The van der Waals surface area contributed by atoms with Gasteiger partial charge in [-0.25, -0.2) is 4.79 Å². The first-order valence-corrected chi connectivity index (χ1v) is 6.50. The van der Waals surface area contributed by atoms with Gasteiger partial charge in [-0.05, 0) is 6.42 Å². The van der Waals surface area contributed by atoms with Crippen molar-refractivity contribution in [3.63, 3.8) is 0 Å². The molecular weight excluding hydrogens is 370 g/mol. The molecule has 0 spiro atoms. The van der Waals surface area contributed by atoms with E-state index in [0.717, 1.165) is 28.6 Å². The molecule has 0 aromatic rings. The molecule has 2 amide bonds. The summed E-state index contributed by atoms with van der Waals surface area (Å²) in [6.07, 6.45) is 1.11. The summed E-state index contributed by atoms with van der Waals surface area (Å²) in [5.41, 5.74) is 0. The van der Waals surface area contributed by atoms with Gasteiger partial charge in [-0.1, -0.05) is 45.2 Å². The van der Waals surface area contributed by atoms with E-state index in [-0.39, 0.29) is 6.03 Å². The number of rotatable bonds is 2. The summed E-state index contributed by atoms with van der Waals surface area (Å²) in [7, 11) is 0. The third-order valence-electron chi connectivity index (χ3n) is 1.69. The summed E-state index contributed by atoms with van der Waals surface area (Å²) in [6, 6.07) is 0.194. The molecule has 5 heteroatoms. The Bertz CT molecular complexity index is 140. The summed E-state index contributed by atoms with van der Waals surface area (Å²) in [5.74, 6) is 0. The van der Waals surface area contributed by atoms with E-state index in [1.807, 2.05) is 9.80 Å². The molecule has 1 aliphatic heterocycles. The van der Waals surface area contributed by atoms with Crippen LogP contribution < -0.4 is 0 Å². The highest BCUT2D eigenvalue weighted by Gasteiger charge is 2.23. The van der Waals surface area contributed by atoms with Crippen LogP contribution in [0.1, 0.15) is 6.42 Å². The molecule has 0 radical (unpaired) electrons. The smallest absolute Gasteiger partial charge is 0.315 e. The Morgan fingerprint density at radius 2 is 1.64 bits per heavy atom. The molecule has 1 heterocycles. The Balaban J connectivity index is 2.52. The normalized spacial score (nSPS) is 19.3. The van der Waals surface area contributed by atoms with Crippen molar-refractivity contribution >= 4 is 51.2 Å². The summed E-state index contributed by atoms with van der Waals surface area (Å²) in [5, 5.41) is 0. The van der Waals surface area contributed by atoms with E-state index >= 15 is 0 Å². The number of alkyl halides is 2. The standard InChI is InChI=1S/C6H10I2N2O/c7-4-9-2-1-3-10(5-8)6(9)11/h1-5H2. The van der Waals surface area contributed by atoms with Gasteiger partial charge in [0, 0.05) is 13.1 Å². The van der Waals surface area contributed by atoms with Crippen LogP contribution in [0, 0.1) is 0 Å². The number of nitrogens with zero attached hydrogens (tertiary/aromatic N) is 2. The molecule has 0 N–H and O–H groups in total. The quantitative estimate of drug-likeness (QED) is 0.408. The fourth-order valence-electron chi connectivity index (χ4n) is 1.07. The SMILES string of the molecule is O=C1N(CI)CCCN1CI. The van der Waals surface area contributed by atoms with Crippen LogP contribution in [0.5, 0.6) is 0 Å². The van der Waals surface area contributed by atoms with Crippen LogP contribution in [0.4, 0.5) is 4.79 Å². The molecule has 0 bridgehead atoms. The van der Waals surface area contributed by atoms with Gasteiger partial charge in [0.25, 0.3) is 0 Å². The summed E-state index contributed by atoms with van der Waals surface area (Å²) in [6.45, 7) is 1.85. The van der Waals surface area contributed by atoms with E-state index in [1.165, 1.54) is 0 Å². The molecule has 1 saturated heterocycles. The molecule has 0 aliphatic carbocycles. The number of amides is 2. The van der Waals surface area contributed by atoms with E-state index < -0.39 is 0 Å². The first-order chi connectivity index (χ1) is 5.29. The zero-order chi connectivity index (χ0) is 8.27. The van der Waals surface area contributed by atoms with Gasteiger partial charge in [-0.15, -0.1) is 0 Å². The monoisotopic (exact) mass is 380 g/mol. The first-order valence-electron chi connectivity index (χ1n) is 3.45. The lowest BCUT2D eigenvalue weighted by Crippen LogP contribution is -2.47. The topological polar surface area (TPSA) is 23.6 Å². The molecule has 1 aliphatic rings. The average molecular weight is 380 g/mol. The Kier molecular flexibility index (Phi) is 4.18. The third-order valence-corrected chi connectivity index (χ3v) is 3.33. The molecule has 1 fully saturated rings. The van der Waals surface area contributed by atoms with Gasteiger partial charge in [-0.2, -0.15) is 0 Å². The molecule has 11 heavy (non-hydrogen) atoms. The van der Waals surface area contributed by atoms with Crippen LogP contribution in [0.2, 0.25) is 0 Å². The van der Waals surface area contributed by atoms with Gasteiger partial charge in [0.05, 0.1) is 9.10 Å². The van der Waals surface area contributed by atoms with Gasteiger partial charge in [0.1, 0.15) is 0 Å². The van der Waals surface area contributed by atoms with E-state index in [2.05, 4.69) is 45.2 Å². The zero-order valence-corrected chi connectivity index (χ0v) is 10.4. The fourth-order valence-corrected chi connectivity index (χ4v) is 2.33. The van der Waals surface area contributed by atoms with E-state index in [1.54, 1.807) is 0 Å². The number of halogens is 2. The molecule has 64 valence electrons. The molecule has 0 saturated carbocycles. The van der Waals surface area contributed by atoms with Crippen molar-refractivity contribution < 1.29 is 4.79 Å². The van der Waals surface area contributed by atoms with Crippen LogP contribution in [0.3, 0.4) is 0 Å².